The lowest BCUT2D eigenvalue weighted by Crippen LogP contribution is -2.67. The Morgan fingerprint density at radius 1 is 1.02 bits per heavy atom. The number of carbonyl (C=O) groups excluding carboxylic acids is 3. The van der Waals surface area contributed by atoms with Crippen LogP contribution in [0.15, 0.2) is 11.6 Å². The molecular formula is C33H52BrN3O6. The maximum Gasteiger partial charge on any atom is 0.246 e. The molecule has 0 aromatic carbocycles. The molecule has 5 N–H and O–H groups in total. The molecule has 5 aliphatic rings. The fourth-order valence-corrected chi connectivity index (χ4v) is 10.1. The Morgan fingerprint density at radius 2 is 1.81 bits per heavy atom. The van der Waals surface area contributed by atoms with Crippen molar-refractivity contribution in [2.75, 3.05) is 31.6 Å². The summed E-state index contributed by atoms with van der Waals surface area (Å²) in [5.74, 6) is 0.765. The van der Waals surface area contributed by atoms with Gasteiger partial charge in [-0.1, -0.05) is 36.2 Å². The largest absolute Gasteiger partial charge is 0.392 e. The van der Waals surface area contributed by atoms with Gasteiger partial charge in [0.15, 0.2) is 0 Å². The van der Waals surface area contributed by atoms with E-state index in [9.17, 15) is 24.6 Å². The van der Waals surface area contributed by atoms with E-state index >= 15 is 0 Å². The van der Waals surface area contributed by atoms with E-state index in [1.54, 1.807) is 6.08 Å². The fourth-order valence-electron chi connectivity index (χ4n) is 9.93. The molecule has 4 saturated carbocycles. The van der Waals surface area contributed by atoms with Crippen LogP contribution in [0.25, 0.3) is 0 Å². The summed E-state index contributed by atoms with van der Waals surface area (Å²) in [5, 5.41) is 33.6. The first kappa shape index (κ1) is 32.9. The third-order valence-corrected chi connectivity index (χ3v) is 12.8. The molecule has 0 aromatic rings. The van der Waals surface area contributed by atoms with Crippen LogP contribution in [0.4, 0.5) is 0 Å². The maximum absolute atomic E-state index is 12.4. The summed E-state index contributed by atoms with van der Waals surface area (Å²) in [6, 6.07) is 0. The zero-order chi connectivity index (χ0) is 30.8. The molecular weight excluding hydrogens is 614 g/mol. The minimum atomic E-state index is -0.939. The molecule has 5 rings (SSSR count). The van der Waals surface area contributed by atoms with Gasteiger partial charge < -0.3 is 30.9 Å². The van der Waals surface area contributed by atoms with Crippen LogP contribution < -0.4 is 16.0 Å². The number of aliphatic hydroxyl groups excluding tert-OH is 1. The number of rotatable bonds is 12. The van der Waals surface area contributed by atoms with Crippen molar-refractivity contribution in [1.82, 2.24) is 16.0 Å². The second-order valence-corrected chi connectivity index (χ2v) is 15.2. The number of amides is 3. The quantitative estimate of drug-likeness (QED) is 0.160. The number of hydrogen-bond donors (Lipinski definition) is 5. The van der Waals surface area contributed by atoms with Gasteiger partial charge in [-0.05, 0) is 98.9 Å². The highest BCUT2D eigenvalue weighted by molar-refractivity contribution is 9.09. The van der Waals surface area contributed by atoms with Crippen molar-refractivity contribution in [3.8, 4) is 0 Å². The highest BCUT2D eigenvalue weighted by atomic mass is 79.9. The molecule has 0 aromatic heterocycles. The first-order valence-corrected chi connectivity index (χ1v) is 17.7. The Hall–Kier alpha value is -1.49. The van der Waals surface area contributed by atoms with E-state index in [4.69, 9.17) is 4.74 Å². The molecule has 43 heavy (non-hydrogen) atoms. The Bertz CT molecular complexity index is 1090. The number of carbonyl (C=O) groups is 3. The van der Waals surface area contributed by atoms with Crippen LogP contribution in [-0.2, 0) is 19.1 Å². The van der Waals surface area contributed by atoms with E-state index in [0.29, 0.717) is 44.8 Å². The molecule has 3 unspecified atom stereocenters. The predicted octanol–water partition coefficient (Wildman–Crippen LogP) is 3.36. The van der Waals surface area contributed by atoms with Crippen LogP contribution in [-0.4, -0.2) is 77.3 Å². The molecule has 0 spiro atoms. The van der Waals surface area contributed by atoms with Gasteiger partial charge in [0.05, 0.1) is 17.8 Å². The summed E-state index contributed by atoms with van der Waals surface area (Å²) in [5.41, 5.74) is -0.527. The number of unbranched alkanes of at least 4 members (excludes halogenated alkanes) is 2. The number of ether oxygens (including phenoxy) is 1. The van der Waals surface area contributed by atoms with Crippen molar-refractivity contribution in [1.29, 1.82) is 0 Å². The predicted molar refractivity (Wildman–Crippen MR) is 167 cm³/mol. The van der Waals surface area contributed by atoms with Gasteiger partial charge in [-0.3, -0.25) is 14.4 Å². The molecule has 4 aliphatic carbocycles. The standard InChI is InChI=1S/C33H52BrN3O6/c1-31-11-9-23(43-20-30(41)35-14-5-3-4-6-28(39)36-15-13-34)17-22(31)7-8-25-26(31)18-27(38)32(2)24(10-12-33(25,32)42)21-16-29(40)37-19-21/h16,22-27,38,42H,3-15,17-20H2,1-2H3,(H,35,41)(H,36,39)(H,37,40)/t22-,23+,24-,25?,26?,27-,31+,32?,33+/m1/s1. The van der Waals surface area contributed by atoms with Crippen LogP contribution in [0.1, 0.15) is 90.9 Å². The number of halogens is 1. The Morgan fingerprint density at radius 3 is 2.56 bits per heavy atom. The third kappa shape index (κ3) is 6.32. The zero-order valence-corrected chi connectivity index (χ0v) is 27.6. The third-order valence-electron chi connectivity index (χ3n) is 12.4. The summed E-state index contributed by atoms with van der Waals surface area (Å²) < 4.78 is 6.12. The lowest BCUT2D eigenvalue weighted by molar-refractivity contribution is -0.245. The van der Waals surface area contributed by atoms with Gasteiger partial charge in [0.2, 0.25) is 17.7 Å². The first-order chi connectivity index (χ1) is 20.5. The Balaban J connectivity index is 1.09. The smallest absolute Gasteiger partial charge is 0.246 e. The topological polar surface area (TPSA) is 137 Å². The highest BCUT2D eigenvalue weighted by Gasteiger charge is 2.70. The van der Waals surface area contributed by atoms with Crippen LogP contribution in [0.3, 0.4) is 0 Å². The van der Waals surface area contributed by atoms with Crippen molar-refractivity contribution in [3.63, 3.8) is 0 Å². The van der Waals surface area contributed by atoms with Crippen LogP contribution in [0.5, 0.6) is 0 Å². The summed E-state index contributed by atoms with van der Waals surface area (Å²) in [7, 11) is 0. The monoisotopic (exact) mass is 665 g/mol. The summed E-state index contributed by atoms with van der Waals surface area (Å²) in [6.07, 6.45) is 11.1. The summed E-state index contributed by atoms with van der Waals surface area (Å²) in [6.45, 7) is 6.27. The van der Waals surface area contributed by atoms with Crippen molar-refractivity contribution >= 4 is 33.7 Å². The lowest BCUT2D eigenvalue weighted by Gasteiger charge is -2.65. The summed E-state index contributed by atoms with van der Waals surface area (Å²) in [4.78, 5) is 36.0. The first-order valence-electron chi connectivity index (χ1n) is 16.6. The van der Waals surface area contributed by atoms with Gasteiger partial charge in [0, 0.05) is 42.9 Å². The zero-order valence-electron chi connectivity index (χ0n) is 26.0. The molecule has 242 valence electrons. The number of aliphatic hydroxyl groups is 2. The van der Waals surface area contributed by atoms with E-state index in [-0.39, 0.29) is 53.6 Å². The number of hydrogen-bond acceptors (Lipinski definition) is 6. The van der Waals surface area contributed by atoms with E-state index in [0.717, 1.165) is 68.7 Å². The average molecular weight is 667 g/mol. The molecule has 3 amide bonds. The number of nitrogens with one attached hydrogen (secondary N) is 3. The van der Waals surface area contributed by atoms with Crippen LogP contribution in [0, 0.1) is 34.5 Å². The molecule has 0 saturated heterocycles. The van der Waals surface area contributed by atoms with E-state index < -0.39 is 17.1 Å². The maximum atomic E-state index is 12.4. The van der Waals surface area contributed by atoms with E-state index in [1.165, 1.54) is 0 Å². The normalized spacial score (nSPS) is 40.1. The van der Waals surface area contributed by atoms with Crippen molar-refractivity contribution in [2.45, 2.75) is 109 Å². The van der Waals surface area contributed by atoms with Crippen LogP contribution in [0.2, 0.25) is 0 Å². The van der Waals surface area contributed by atoms with Gasteiger partial charge in [0.25, 0.3) is 0 Å². The molecule has 1 heterocycles. The second-order valence-electron chi connectivity index (χ2n) is 14.4. The molecule has 10 heteroatoms. The van der Waals surface area contributed by atoms with Gasteiger partial charge in [-0.2, -0.15) is 0 Å². The molecule has 4 fully saturated rings. The Kier molecular flexibility index (Phi) is 10.3. The van der Waals surface area contributed by atoms with Crippen molar-refractivity contribution in [2.24, 2.45) is 34.5 Å². The van der Waals surface area contributed by atoms with E-state index in [2.05, 4.69) is 45.7 Å². The van der Waals surface area contributed by atoms with Crippen molar-refractivity contribution in [3.05, 3.63) is 11.6 Å². The van der Waals surface area contributed by atoms with Crippen LogP contribution >= 0.6 is 15.9 Å². The fraction of sp³-hybridized carbons (Fsp3) is 0.848. The van der Waals surface area contributed by atoms with Gasteiger partial charge in [0.1, 0.15) is 6.61 Å². The summed E-state index contributed by atoms with van der Waals surface area (Å²) >= 11 is 3.29. The highest BCUT2D eigenvalue weighted by Crippen LogP contribution is 2.69. The van der Waals surface area contributed by atoms with Gasteiger partial charge in [-0.15, -0.1) is 0 Å². The molecule has 9 atom stereocenters. The molecule has 0 radical (unpaired) electrons. The van der Waals surface area contributed by atoms with Gasteiger partial charge in [-0.25, -0.2) is 0 Å². The average Bonchev–Trinajstić information content (AvgIpc) is 3.53. The van der Waals surface area contributed by atoms with Crippen molar-refractivity contribution < 1.29 is 29.3 Å². The lowest BCUT2D eigenvalue weighted by atomic mass is 9.42. The molecule has 9 nitrogen and oxygen atoms in total. The molecule has 0 bridgehead atoms. The number of fused-ring (bicyclic) bond motifs is 5. The van der Waals surface area contributed by atoms with Gasteiger partial charge >= 0.3 is 0 Å². The minimum absolute atomic E-state index is 0.0173. The minimum Gasteiger partial charge on any atom is -0.392 e. The van der Waals surface area contributed by atoms with E-state index in [1.807, 2.05) is 0 Å². The SMILES string of the molecule is CC12[C@H](O)CC3C(CC[C@@H]4C[C@@H](OCC(=O)NCCCCCC(=O)NCCBr)CC[C@]34C)[C@@]1(O)CC[C@@H]2C1=CC(=O)NC1. The second kappa shape index (κ2) is 13.5. The molecule has 1 aliphatic heterocycles. The Labute approximate surface area is 264 Å². The number of alkyl halides is 1.